The zero-order chi connectivity index (χ0) is 13.1. The number of anilines is 1. The lowest BCUT2D eigenvalue weighted by Crippen LogP contribution is -2.36. The predicted octanol–water partition coefficient (Wildman–Crippen LogP) is 1.98. The third kappa shape index (κ3) is 2.47. The van der Waals surface area contributed by atoms with Gasteiger partial charge in [-0.15, -0.1) is 0 Å². The SMILES string of the molecule is CCCNCCN1C(=O)C(=O)c2cc(Br)ccc21. The number of fused-ring (bicyclic) bond motifs is 1. The predicted molar refractivity (Wildman–Crippen MR) is 74.0 cm³/mol. The van der Waals surface area contributed by atoms with Crippen molar-refractivity contribution in [3.63, 3.8) is 0 Å². The van der Waals surface area contributed by atoms with Crippen LogP contribution in [0.25, 0.3) is 0 Å². The highest BCUT2D eigenvalue weighted by Gasteiger charge is 2.35. The molecule has 0 aliphatic carbocycles. The molecule has 0 aromatic heterocycles. The molecule has 1 N–H and O–H groups in total. The van der Waals surface area contributed by atoms with E-state index in [0.29, 0.717) is 24.3 Å². The smallest absolute Gasteiger partial charge is 0.299 e. The number of hydrogen-bond donors (Lipinski definition) is 1. The Kier molecular flexibility index (Phi) is 4.14. The molecule has 0 fully saturated rings. The number of hydrogen-bond acceptors (Lipinski definition) is 3. The van der Waals surface area contributed by atoms with E-state index in [9.17, 15) is 9.59 Å². The summed E-state index contributed by atoms with van der Waals surface area (Å²) >= 11 is 3.31. The number of amides is 1. The van der Waals surface area contributed by atoms with E-state index in [2.05, 4.69) is 28.2 Å². The quantitative estimate of drug-likeness (QED) is 0.668. The van der Waals surface area contributed by atoms with Crippen molar-refractivity contribution in [2.45, 2.75) is 13.3 Å². The topological polar surface area (TPSA) is 49.4 Å². The van der Waals surface area contributed by atoms with E-state index in [4.69, 9.17) is 0 Å². The van der Waals surface area contributed by atoms with Crippen LogP contribution in [0.15, 0.2) is 22.7 Å². The van der Waals surface area contributed by atoms with E-state index < -0.39 is 11.7 Å². The van der Waals surface area contributed by atoms with Crippen LogP contribution in [0.4, 0.5) is 5.69 Å². The monoisotopic (exact) mass is 310 g/mol. The molecule has 0 radical (unpaired) electrons. The third-order valence-corrected chi connectivity index (χ3v) is 3.37. The van der Waals surface area contributed by atoms with Gasteiger partial charge in [-0.3, -0.25) is 9.59 Å². The average molecular weight is 311 g/mol. The summed E-state index contributed by atoms with van der Waals surface area (Å²) in [6.45, 7) is 4.23. The maximum absolute atomic E-state index is 11.9. The van der Waals surface area contributed by atoms with Gasteiger partial charge in [-0.25, -0.2) is 0 Å². The van der Waals surface area contributed by atoms with Gasteiger partial charge in [-0.05, 0) is 31.2 Å². The van der Waals surface area contributed by atoms with Gasteiger partial charge >= 0.3 is 0 Å². The molecule has 0 saturated carbocycles. The number of ketones is 1. The largest absolute Gasteiger partial charge is 0.315 e. The summed E-state index contributed by atoms with van der Waals surface area (Å²) in [5.41, 5.74) is 1.20. The van der Waals surface area contributed by atoms with Crippen LogP contribution in [0, 0.1) is 0 Å². The van der Waals surface area contributed by atoms with Gasteiger partial charge in [0.05, 0.1) is 11.3 Å². The fourth-order valence-electron chi connectivity index (χ4n) is 1.99. The van der Waals surface area contributed by atoms with E-state index in [-0.39, 0.29) is 0 Å². The molecule has 2 rings (SSSR count). The van der Waals surface area contributed by atoms with Gasteiger partial charge < -0.3 is 10.2 Å². The zero-order valence-corrected chi connectivity index (χ0v) is 11.8. The van der Waals surface area contributed by atoms with Gasteiger partial charge in [0.15, 0.2) is 0 Å². The maximum Gasteiger partial charge on any atom is 0.299 e. The van der Waals surface area contributed by atoms with Gasteiger partial charge in [0, 0.05) is 17.6 Å². The molecule has 0 bridgehead atoms. The van der Waals surface area contributed by atoms with Crippen molar-refractivity contribution in [1.82, 2.24) is 5.32 Å². The number of nitrogens with one attached hydrogen (secondary N) is 1. The summed E-state index contributed by atoms with van der Waals surface area (Å²) in [6.07, 6.45) is 1.05. The number of rotatable bonds is 5. The highest BCUT2D eigenvalue weighted by molar-refractivity contribution is 9.10. The van der Waals surface area contributed by atoms with Gasteiger partial charge in [0.25, 0.3) is 11.7 Å². The van der Waals surface area contributed by atoms with Crippen molar-refractivity contribution < 1.29 is 9.59 Å². The highest BCUT2D eigenvalue weighted by Crippen LogP contribution is 2.30. The molecule has 1 aliphatic rings. The summed E-state index contributed by atoms with van der Waals surface area (Å²) in [5.74, 6) is -0.844. The number of Topliss-reactive ketones (excluding diaryl/α,β-unsaturated/α-hetero) is 1. The third-order valence-electron chi connectivity index (χ3n) is 2.87. The lowest BCUT2D eigenvalue weighted by Gasteiger charge is -2.16. The summed E-state index contributed by atoms with van der Waals surface area (Å²) in [7, 11) is 0. The molecular weight excluding hydrogens is 296 g/mol. The minimum atomic E-state index is -0.429. The first-order valence-electron chi connectivity index (χ1n) is 6.01. The van der Waals surface area contributed by atoms with Crippen LogP contribution in [-0.4, -0.2) is 31.3 Å². The van der Waals surface area contributed by atoms with Crippen molar-refractivity contribution in [1.29, 1.82) is 0 Å². The molecule has 0 atom stereocenters. The molecule has 1 aromatic rings. The normalized spacial score (nSPS) is 14.2. The molecule has 0 spiro atoms. The Balaban J connectivity index is 2.13. The molecule has 1 aliphatic heterocycles. The van der Waals surface area contributed by atoms with E-state index >= 15 is 0 Å². The summed E-state index contributed by atoms with van der Waals surface area (Å²) in [4.78, 5) is 25.2. The van der Waals surface area contributed by atoms with Crippen molar-refractivity contribution in [2.75, 3.05) is 24.5 Å². The first kappa shape index (κ1) is 13.2. The minimum absolute atomic E-state index is 0.415. The van der Waals surface area contributed by atoms with Gasteiger partial charge in [0.2, 0.25) is 0 Å². The van der Waals surface area contributed by atoms with Gasteiger partial charge in [-0.1, -0.05) is 22.9 Å². The lowest BCUT2D eigenvalue weighted by molar-refractivity contribution is -0.114. The molecule has 1 aromatic carbocycles. The first-order chi connectivity index (χ1) is 8.65. The molecule has 0 unspecified atom stereocenters. The number of benzene rings is 1. The number of nitrogens with zero attached hydrogens (tertiary/aromatic N) is 1. The highest BCUT2D eigenvalue weighted by atomic mass is 79.9. The van der Waals surface area contributed by atoms with Crippen LogP contribution >= 0.6 is 15.9 Å². The van der Waals surface area contributed by atoms with Crippen LogP contribution in [0.2, 0.25) is 0 Å². The van der Waals surface area contributed by atoms with Gasteiger partial charge in [0.1, 0.15) is 0 Å². The molecule has 1 heterocycles. The van der Waals surface area contributed by atoms with E-state index in [1.54, 1.807) is 11.0 Å². The fraction of sp³-hybridized carbons (Fsp3) is 0.385. The molecular formula is C13H15BrN2O2. The van der Waals surface area contributed by atoms with Crippen LogP contribution in [0.3, 0.4) is 0 Å². The second-order valence-electron chi connectivity index (χ2n) is 4.20. The van der Waals surface area contributed by atoms with E-state index in [1.165, 1.54) is 0 Å². The maximum atomic E-state index is 11.9. The molecule has 18 heavy (non-hydrogen) atoms. The van der Waals surface area contributed by atoms with E-state index in [0.717, 1.165) is 17.4 Å². The Labute approximate surface area is 114 Å². The molecule has 4 nitrogen and oxygen atoms in total. The Morgan fingerprint density at radius 1 is 1.28 bits per heavy atom. The molecule has 96 valence electrons. The fourth-order valence-corrected chi connectivity index (χ4v) is 2.35. The van der Waals surface area contributed by atoms with Gasteiger partial charge in [-0.2, -0.15) is 0 Å². The molecule has 5 heteroatoms. The average Bonchev–Trinajstić information content (AvgIpc) is 2.59. The summed E-state index contributed by atoms with van der Waals surface area (Å²) < 4.78 is 0.813. The molecule has 1 amide bonds. The van der Waals surface area contributed by atoms with Crippen molar-refractivity contribution in [3.8, 4) is 0 Å². The van der Waals surface area contributed by atoms with Crippen molar-refractivity contribution in [2.24, 2.45) is 0 Å². The lowest BCUT2D eigenvalue weighted by atomic mass is 10.1. The van der Waals surface area contributed by atoms with Crippen LogP contribution < -0.4 is 10.2 Å². The van der Waals surface area contributed by atoms with Crippen molar-refractivity contribution >= 4 is 33.3 Å². The number of halogens is 1. The number of carbonyl (C=O) groups excluding carboxylic acids is 2. The van der Waals surface area contributed by atoms with Crippen LogP contribution in [0.5, 0.6) is 0 Å². The Morgan fingerprint density at radius 2 is 2.06 bits per heavy atom. The summed E-state index contributed by atoms with van der Waals surface area (Å²) in [6, 6.07) is 5.36. The summed E-state index contributed by atoms with van der Waals surface area (Å²) in [5, 5.41) is 3.23. The first-order valence-corrected chi connectivity index (χ1v) is 6.81. The van der Waals surface area contributed by atoms with Crippen LogP contribution in [0.1, 0.15) is 23.7 Å². The van der Waals surface area contributed by atoms with Crippen molar-refractivity contribution in [3.05, 3.63) is 28.2 Å². The second kappa shape index (κ2) is 5.63. The Morgan fingerprint density at radius 3 is 2.78 bits per heavy atom. The Bertz CT molecular complexity index is 488. The molecule has 0 saturated heterocycles. The number of carbonyl (C=O) groups is 2. The van der Waals surface area contributed by atoms with E-state index in [1.807, 2.05) is 12.1 Å². The Hall–Kier alpha value is -1.20. The van der Waals surface area contributed by atoms with Crippen LogP contribution in [-0.2, 0) is 4.79 Å². The standard InChI is InChI=1S/C13H15BrN2O2/c1-2-5-15-6-7-16-11-4-3-9(14)8-10(11)12(17)13(16)18/h3-4,8,15H,2,5-7H2,1H3. The second-order valence-corrected chi connectivity index (χ2v) is 5.11. The minimum Gasteiger partial charge on any atom is -0.315 e. The zero-order valence-electron chi connectivity index (χ0n) is 10.2.